The van der Waals surface area contributed by atoms with Crippen LogP contribution in [0.1, 0.15) is 36.1 Å². The summed E-state index contributed by atoms with van der Waals surface area (Å²) in [5.74, 6) is -0.515. The minimum Gasteiger partial charge on any atom is -0.388 e. The lowest BCUT2D eigenvalue weighted by Crippen LogP contribution is -2.07. The van der Waals surface area contributed by atoms with Gasteiger partial charge in [0.1, 0.15) is 12.4 Å². The molecule has 0 radical (unpaired) electrons. The molecule has 6 heteroatoms. The number of hydrogen-bond acceptors (Lipinski definition) is 3. The van der Waals surface area contributed by atoms with E-state index in [1.807, 2.05) is 4.57 Å². The van der Waals surface area contributed by atoms with E-state index >= 15 is 0 Å². The SMILES string of the molecule is OCc1nnc(Cc2ccc(F)c(F)c2)n1C1CC1. The minimum atomic E-state index is -0.864. The van der Waals surface area contributed by atoms with Crippen molar-refractivity contribution in [3.63, 3.8) is 0 Å². The van der Waals surface area contributed by atoms with Gasteiger partial charge in [-0.15, -0.1) is 10.2 Å². The van der Waals surface area contributed by atoms with E-state index in [0.717, 1.165) is 18.9 Å². The number of halogens is 2. The van der Waals surface area contributed by atoms with Crippen molar-refractivity contribution in [2.75, 3.05) is 0 Å². The van der Waals surface area contributed by atoms with E-state index in [-0.39, 0.29) is 6.61 Å². The van der Waals surface area contributed by atoms with Crippen molar-refractivity contribution in [1.82, 2.24) is 14.8 Å². The summed E-state index contributed by atoms with van der Waals surface area (Å²) >= 11 is 0. The van der Waals surface area contributed by atoms with Crippen LogP contribution >= 0.6 is 0 Å². The van der Waals surface area contributed by atoms with Crippen LogP contribution in [0.15, 0.2) is 18.2 Å². The molecular formula is C13H13F2N3O. The van der Waals surface area contributed by atoms with E-state index in [1.165, 1.54) is 12.1 Å². The largest absolute Gasteiger partial charge is 0.388 e. The Balaban J connectivity index is 1.90. The standard InChI is InChI=1S/C13H13F2N3O/c14-10-4-1-8(5-11(10)15)6-12-16-17-13(7-19)18(12)9-2-3-9/h1,4-5,9,19H,2-3,6-7H2. The molecule has 19 heavy (non-hydrogen) atoms. The van der Waals surface area contributed by atoms with Crippen LogP contribution in [0.2, 0.25) is 0 Å². The molecule has 0 saturated heterocycles. The molecule has 0 aliphatic heterocycles. The Labute approximate surface area is 108 Å². The second-order valence-electron chi connectivity index (χ2n) is 4.72. The summed E-state index contributed by atoms with van der Waals surface area (Å²) in [6.45, 7) is -0.165. The quantitative estimate of drug-likeness (QED) is 0.919. The van der Waals surface area contributed by atoms with Crippen molar-refractivity contribution in [2.24, 2.45) is 0 Å². The third-order valence-corrected chi connectivity index (χ3v) is 3.24. The van der Waals surface area contributed by atoms with Crippen molar-refractivity contribution in [1.29, 1.82) is 0 Å². The van der Waals surface area contributed by atoms with Crippen LogP contribution < -0.4 is 0 Å². The molecule has 100 valence electrons. The predicted molar refractivity (Wildman–Crippen MR) is 63.4 cm³/mol. The van der Waals surface area contributed by atoms with Gasteiger partial charge in [0.15, 0.2) is 17.5 Å². The first-order chi connectivity index (χ1) is 9.19. The van der Waals surface area contributed by atoms with Crippen molar-refractivity contribution < 1.29 is 13.9 Å². The molecule has 4 nitrogen and oxygen atoms in total. The van der Waals surface area contributed by atoms with Gasteiger partial charge in [-0.25, -0.2) is 8.78 Å². The van der Waals surface area contributed by atoms with Crippen LogP contribution in [0.3, 0.4) is 0 Å². The Kier molecular flexibility index (Phi) is 3.02. The molecule has 0 amide bonds. The molecule has 1 aliphatic rings. The van der Waals surface area contributed by atoms with Gasteiger partial charge in [-0.3, -0.25) is 0 Å². The van der Waals surface area contributed by atoms with Crippen molar-refractivity contribution in [3.8, 4) is 0 Å². The van der Waals surface area contributed by atoms with E-state index in [2.05, 4.69) is 10.2 Å². The summed E-state index contributed by atoms with van der Waals surface area (Å²) in [5, 5.41) is 17.2. The number of aromatic nitrogens is 3. The van der Waals surface area contributed by atoms with Crippen LogP contribution in [0.25, 0.3) is 0 Å². The molecular weight excluding hydrogens is 252 g/mol. The summed E-state index contributed by atoms with van der Waals surface area (Å²) in [7, 11) is 0. The van der Waals surface area contributed by atoms with Crippen molar-refractivity contribution in [2.45, 2.75) is 31.9 Å². The number of rotatable bonds is 4. The fourth-order valence-corrected chi connectivity index (χ4v) is 2.18. The van der Waals surface area contributed by atoms with Gasteiger partial charge in [0.05, 0.1) is 0 Å². The van der Waals surface area contributed by atoms with Gasteiger partial charge in [-0.1, -0.05) is 6.07 Å². The van der Waals surface area contributed by atoms with Crippen LogP contribution in [-0.4, -0.2) is 19.9 Å². The Hall–Kier alpha value is -1.82. The van der Waals surface area contributed by atoms with E-state index in [4.69, 9.17) is 0 Å². The van der Waals surface area contributed by atoms with Gasteiger partial charge in [0, 0.05) is 12.5 Å². The number of nitrogens with zero attached hydrogens (tertiary/aromatic N) is 3. The zero-order valence-electron chi connectivity index (χ0n) is 10.2. The summed E-state index contributed by atoms with van der Waals surface area (Å²) in [6.07, 6.45) is 2.45. The fourth-order valence-electron chi connectivity index (χ4n) is 2.18. The first kappa shape index (κ1) is 12.2. The van der Waals surface area contributed by atoms with E-state index in [1.54, 1.807) is 0 Å². The third kappa shape index (κ3) is 2.35. The van der Waals surface area contributed by atoms with Gasteiger partial charge >= 0.3 is 0 Å². The first-order valence-corrected chi connectivity index (χ1v) is 6.16. The maximum Gasteiger partial charge on any atom is 0.159 e. The molecule has 2 aromatic rings. The van der Waals surface area contributed by atoms with Crippen molar-refractivity contribution >= 4 is 0 Å². The summed E-state index contributed by atoms with van der Waals surface area (Å²) in [5.41, 5.74) is 0.637. The monoisotopic (exact) mass is 265 g/mol. The van der Waals surface area contributed by atoms with Gasteiger partial charge in [-0.2, -0.15) is 0 Å². The summed E-state index contributed by atoms with van der Waals surface area (Å²) in [6, 6.07) is 4.13. The molecule has 0 atom stereocenters. The molecule has 1 saturated carbocycles. The molecule has 1 aromatic carbocycles. The van der Waals surface area contributed by atoms with Crippen LogP contribution in [-0.2, 0) is 13.0 Å². The lowest BCUT2D eigenvalue weighted by atomic mass is 10.1. The van der Waals surface area contributed by atoms with Crippen LogP contribution in [0.5, 0.6) is 0 Å². The molecule has 1 aromatic heterocycles. The lowest BCUT2D eigenvalue weighted by Gasteiger charge is -2.07. The Morgan fingerprint density at radius 1 is 1.16 bits per heavy atom. The number of hydrogen-bond donors (Lipinski definition) is 1. The topological polar surface area (TPSA) is 50.9 Å². The molecule has 1 heterocycles. The Morgan fingerprint density at radius 2 is 1.89 bits per heavy atom. The first-order valence-electron chi connectivity index (χ1n) is 6.16. The van der Waals surface area contributed by atoms with Gasteiger partial charge in [-0.05, 0) is 30.5 Å². The zero-order chi connectivity index (χ0) is 13.4. The van der Waals surface area contributed by atoms with Gasteiger partial charge in [0.25, 0.3) is 0 Å². The second kappa shape index (κ2) is 4.70. The predicted octanol–water partition coefficient (Wildman–Crippen LogP) is 1.97. The zero-order valence-corrected chi connectivity index (χ0v) is 10.2. The van der Waals surface area contributed by atoms with E-state index < -0.39 is 11.6 Å². The molecule has 3 rings (SSSR count). The number of aliphatic hydroxyl groups excluding tert-OH is 1. The second-order valence-corrected chi connectivity index (χ2v) is 4.72. The normalized spacial score (nSPS) is 14.9. The molecule has 1 aliphatic carbocycles. The summed E-state index contributed by atoms with van der Waals surface area (Å²) in [4.78, 5) is 0. The van der Waals surface area contributed by atoms with Crippen molar-refractivity contribution in [3.05, 3.63) is 47.0 Å². The average molecular weight is 265 g/mol. The molecule has 0 bridgehead atoms. The maximum atomic E-state index is 13.2. The number of aliphatic hydroxyl groups is 1. The minimum absolute atomic E-state index is 0.165. The van der Waals surface area contributed by atoms with Gasteiger partial charge < -0.3 is 9.67 Å². The lowest BCUT2D eigenvalue weighted by molar-refractivity contribution is 0.264. The average Bonchev–Trinajstić information content (AvgIpc) is 3.16. The third-order valence-electron chi connectivity index (χ3n) is 3.24. The highest BCUT2D eigenvalue weighted by Crippen LogP contribution is 2.37. The smallest absolute Gasteiger partial charge is 0.159 e. The highest BCUT2D eigenvalue weighted by atomic mass is 19.2. The highest BCUT2D eigenvalue weighted by Gasteiger charge is 2.29. The molecule has 1 fully saturated rings. The Morgan fingerprint density at radius 3 is 2.53 bits per heavy atom. The van der Waals surface area contributed by atoms with Gasteiger partial charge in [0.2, 0.25) is 0 Å². The van der Waals surface area contributed by atoms with Crippen LogP contribution in [0, 0.1) is 11.6 Å². The Bertz CT molecular complexity index is 608. The molecule has 0 spiro atoms. The highest BCUT2D eigenvalue weighted by molar-refractivity contribution is 5.22. The van der Waals surface area contributed by atoms with Crippen LogP contribution in [0.4, 0.5) is 8.78 Å². The maximum absolute atomic E-state index is 13.2. The van der Waals surface area contributed by atoms with E-state index in [0.29, 0.717) is 29.7 Å². The van der Waals surface area contributed by atoms with E-state index in [9.17, 15) is 13.9 Å². The molecule has 1 N–H and O–H groups in total. The fraction of sp³-hybridized carbons (Fsp3) is 0.385. The molecule has 0 unspecified atom stereocenters. The number of benzene rings is 1. The summed E-state index contributed by atoms with van der Waals surface area (Å²) < 4.78 is 27.9.